The molecule has 7 heteroatoms. The quantitative estimate of drug-likeness (QED) is 0.471. The van der Waals surface area contributed by atoms with Gasteiger partial charge in [0.2, 0.25) is 0 Å². The molecule has 1 aliphatic rings. The molecule has 1 aliphatic carbocycles. The molecule has 6 nitrogen and oxygen atoms in total. The van der Waals surface area contributed by atoms with E-state index in [0.717, 1.165) is 35.4 Å². The third kappa shape index (κ3) is 3.94. The molecule has 146 valence electrons. The zero-order valence-electron chi connectivity index (χ0n) is 15.7. The molecule has 0 aliphatic heterocycles. The van der Waals surface area contributed by atoms with Crippen molar-refractivity contribution < 1.29 is 14.3 Å². The maximum absolute atomic E-state index is 12.9. The van der Waals surface area contributed by atoms with Gasteiger partial charge in [-0.2, -0.15) is 0 Å². The molecule has 0 N–H and O–H groups in total. The number of hydrogen-bond acceptors (Lipinski definition) is 6. The summed E-state index contributed by atoms with van der Waals surface area (Å²) in [7, 11) is 0. The van der Waals surface area contributed by atoms with Crippen LogP contribution in [0.3, 0.4) is 0 Å². The Morgan fingerprint density at radius 3 is 2.93 bits per heavy atom. The lowest BCUT2D eigenvalue weighted by atomic mass is 9.89. The van der Waals surface area contributed by atoms with E-state index in [1.54, 1.807) is 11.3 Å². The van der Waals surface area contributed by atoms with Crippen molar-refractivity contribution >= 4 is 27.5 Å². The van der Waals surface area contributed by atoms with Crippen molar-refractivity contribution in [2.45, 2.75) is 32.7 Å². The Morgan fingerprint density at radius 2 is 2.11 bits per heavy atom. The number of fused-ring (bicyclic) bond motifs is 3. The molecule has 0 saturated heterocycles. The van der Waals surface area contributed by atoms with E-state index in [1.165, 1.54) is 15.8 Å². The summed E-state index contributed by atoms with van der Waals surface area (Å²) >= 11 is 1.60. The highest BCUT2D eigenvalue weighted by Crippen LogP contribution is 2.35. The van der Waals surface area contributed by atoms with Crippen LogP contribution in [0.1, 0.15) is 23.8 Å². The normalized spacial score (nSPS) is 16.0. The summed E-state index contributed by atoms with van der Waals surface area (Å²) in [6.07, 6.45) is 4.42. The minimum Gasteiger partial charge on any atom is -0.490 e. The fourth-order valence-corrected chi connectivity index (χ4v) is 4.84. The first-order valence-electron chi connectivity index (χ1n) is 9.45. The molecule has 0 radical (unpaired) electrons. The number of benzene rings is 1. The molecule has 0 bridgehead atoms. The molecule has 4 rings (SSSR count). The monoisotopic (exact) mass is 398 g/mol. The fourth-order valence-electron chi connectivity index (χ4n) is 3.50. The minimum atomic E-state index is -0.474. The summed E-state index contributed by atoms with van der Waals surface area (Å²) in [5.74, 6) is 0.884. The van der Waals surface area contributed by atoms with Gasteiger partial charge in [0.05, 0.1) is 11.7 Å². The van der Waals surface area contributed by atoms with Crippen LogP contribution in [0.2, 0.25) is 0 Å². The number of rotatable bonds is 6. The molecular weight excluding hydrogens is 376 g/mol. The number of carbonyl (C=O) groups is 1. The van der Waals surface area contributed by atoms with Gasteiger partial charge in [-0.3, -0.25) is 14.2 Å². The van der Waals surface area contributed by atoms with Crippen molar-refractivity contribution in [2.75, 3.05) is 13.2 Å². The molecule has 3 aromatic rings. The average Bonchev–Trinajstić information content (AvgIpc) is 3.06. The van der Waals surface area contributed by atoms with Crippen LogP contribution in [0.4, 0.5) is 0 Å². The Morgan fingerprint density at radius 1 is 1.29 bits per heavy atom. The molecule has 1 unspecified atom stereocenters. The lowest BCUT2D eigenvalue weighted by Crippen LogP contribution is -2.27. The molecule has 1 atom stereocenters. The van der Waals surface area contributed by atoms with Crippen molar-refractivity contribution in [3.8, 4) is 5.75 Å². The second-order valence-electron chi connectivity index (χ2n) is 7.09. The van der Waals surface area contributed by atoms with Crippen LogP contribution in [0, 0.1) is 5.92 Å². The fraction of sp³-hybridized carbons (Fsp3) is 0.381. The van der Waals surface area contributed by atoms with Crippen LogP contribution < -0.4 is 10.3 Å². The van der Waals surface area contributed by atoms with Gasteiger partial charge in [-0.1, -0.05) is 25.1 Å². The summed E-state index contributed by atoms with van der Waals surface area (Å²) in [6, 6.07) is 9.33. The molecule has 2 aromatic heterocycles. The van der Waals surface area contributed by atoms with E-state index >= 15 is 0 Å². The van der Waals surface area contributed by atoms with Gasteiger partial charge >= 0.3 is 5.97 Å². The standard InChI is InChI=1S/C21H22N2O4S/c1-14-7-8-16-17(11-14)28-20-19(16)21(25)23(13-22-20)12-18(24)27-10-9-26-15-5-3-2-4-6-15/h2-6,13-14H,7-12H2,1H3. The van der Waals surface area contributed by atoms with Gasteiger partial charge in [-0.05, 0) is 42.9 Å². The van der Waals surface area contributed by atoms with Crippen LogP contribution in [-0.4, -0.2) is 28.7 Å². The third-order valence-corrected chi connectivity index (χ3v) is 6.10. The lowest BCUT2D eigenvalue weighted by Gasteiger charge is -2.17. The van der Waals surface area contributed by atoms with Gasteiger partial charge in [-0.15, -0.1) is 11.3 Å². The number of aryl methyl sites for hydroxylation is 1. The SMILES string of the molecule is CC1CCc2c(sc3ncn(CC(=O)OCCOc4ccccc4)c(=O)c23)C1. The molecule has 0 amide bonds. The number of ether oxygens (including phenoxy) is 2. The van der Waals surface area contributed by atoms with Gasteiger partial charge in [0.15, 0.2) is 0 Å². The summed E-state index contributed by atoms with van der Waals surface area (Å²) in [6.45, 7) is 2.48. The Kier molecular flexibility index (Phi) is 5.43. The highest BCUT2D eigenvalue weighted by Gasteiger charge is 2.23. The Hall–Kier alpha value is -2.67. The van der Waals surface area contributed by atoms with Crippen LogP contribution in [0.15, 0.2) is 41.5 Å². The number of esters is 1. The Bertz CT molecular complexity index is 1040. The number of thiophene rings is 1. The summed E-state index contributed by atoms with van der Waals surface area (Å²) in [5.41, 5.74) is 0.962. The molecule has 0 spiro atoms. The van der Waals surface area contributed by atoms with E-state index in [2.05, 4.69) is 11.9 Å². The van der Waals surface area contributed by atoms with Crippen molar-refractivity contribution in [1.29, 1.82) is 0 Å². The average molecular weight is 398 g/mol. The number of aromatic nitrogens is 2. The molecule has 0 fully saturated rings. The van der Waals surface area contributed by atoms with E-state index in [9.17, 15) is 9.59 Å². The van der Waals surface area contributed by atoms with Crippen LogP contribution in [-0.2, 0) is 28.9 Å². The van der Waals surface area contributed by atoms with Gasteiger partial charge in [0.25, 0.3) is 5.56 Å². The van der Waals surface area contributed by atoms with Crippen molar-refractivity contribution in [1.82, 2.24) is 9.55 Å². The molecule has 28 heavy (non-hydrogen) atoms. The van der Waals surface area contributed by atoms with Gasteiger partial charge in [-0.25, -0.2) is 4.98 Å². The van der Waals surface area contributed by atoms with Crippen LogP contribution in [0.25, 0.3) is 10.2 Å². The van der Waals surface area contributed by atoms with Crippen molar-refractivity contribution in [3.63, 3.8) is 0 Å². The lowest BCUT2D eigenvalue weighted by molar-refractivity contribution is -0.145. The predicted molar refractivity (Wildman–Crippen MR) is 108 cm³/mol. The Labute approximate surface area is 166 Å². The number of hydrogen-bond donors (Lipinski definition) is 0. The van der Waals surface area contributed by atoms with E-state index in [-0.39, 0.29) is 25.3 Å². The first-order valence-corrected chi connectivity index (χ1v) is 10.3. The van der Waals surface area contributed by atoms with Crippen LogP contribution >= 0.6 is 11.3 Å². The van der Waals surface area contributed by atoms with E-state index < -0.39 is 5.97 Å². The highest BCUT2D eigenvalue weighted by molar-refractivity contribution is 7.18. The number of carbonyl (C=O) groups excluding carboxylic acids is 1. The van der Waals surface area contributed by atoms with E-state index in [4.69, 9.17) is 9.47 Å². The Balaban J connectivity index is 1.39. The largest absolute Gasteiger partial charge is 0.490 e. The van der Waals surface area contributed by atoms with Gasteiger partial charge in [0.1, 0.15) is 30.3 Å². The second kappa shape index (κ2) is 8.14. The third-order valence-electron chi connectivity index (χ3n) is 4.94. The van der Waals surface area contributed by atoms with Gasteiger partial charge < -0.3 is 9.47 Å². The minimum absolute atomic E-state index is 0.129. The molecule has 1 aromatic carbocycles. The molecule has 2 heterocycles. The van der Waals surface area contributed by atoms with Crippen molar-refractivity contribution in [3.05, 3.63) is 57.5 Å². The van der Waals surface area contributed by atoms with E-state index in [0.29, 0.717) is 11.3 Å². The maximum Gasteiger partial charge on any atom is 0.326 e. The van der Waals surface area contributed by atoms with Gasteiger partial charge in [0, 0.05) is 4.88 Å². The number of nitrogens with zero attached hydrogens (tertiary/aromatic N) is 2. The first kappa shape index (κ1) is 18.7. The topological polar surface area (TPSA) is 70.4 Å². The smallest absolute Gasteiger partial charge is 0.326 e. The number of para-hydroxylation sites is 1. The first-order chi connectivity index (χ1) is 13.6. The second-order valence-corrected chi connectivity index (χ2v) is 8.18. The molecule has 0 saturated carbocycles. The van der Waals surface area contributed by atoms with Crippen LogP contribution in [0.5, 0.6) is 5.75 Å². The summed E-state index contributed by atoms with van der Waals surface area (Å²) in [4.78, 5) is 31.4. The zero-order valence-corrected chi connectivity index (χ0v) is 16.5. The predicted octanol–water partition coefficient (Wildman–Crippen LogP) is 3.21. The zero-order chi connectivity index (χ0) is 19.5. The maximum atomic E-state index is 12.9. The summed E-state index contributed by atoms with van der Waals surface area (Å²) < 4.78 is 12.0. The summed E-state index contributed by atoms with van der Waals surface area (Å²) in [5, 5.41) is 0.676. The van der Waals surface area contributed by atoms with Crippen molar-refractivity contribution in [2.24, 2.45) is 5.92 Å². The highest BCUT2D eigenvalue weighted by atomic mass is 32.1. The van der Waals surface area contributed by atoms with E-state index in [1.807, 2.05) is 30.3 Å². The molecular formula is C21H22N2O4S.